The predicted molar refractivity (Wildman–Crippen MR) is 102 cm³/mol. The van der Waals surface area contributed by atoms with Crippen molar-refractivity contribution in [3.63, 3.8) is 0 Å². The van der Waals surface area contributed by atoms with Gasteiger partial charge in [0, 0.05) is 24.0 Å². The number of carbonyl (C=O) groups excluding carboxylic acids is 3. The molecule has 0 unspecified atom stereocenters. The molecule has 0 bridgehead atoms. The van der Waals surface area contributed by atoms with Crippen LogP contribution in [0.2, 0.25) is 0 Å². The van der Waals surface area contributed by atoms with Crippen LogP contribution in [0.25, 0.3) is 11.0 Å². The summed E-state index contributed by atoms with van der Waals surface area (Å²) >= 11 is 0. The van der Waals surface area contributed by atoms with Gasteiger partial charge in [0.1, 0.15) is 5.58 Å². The minimum absolute atomic E-state index is 0.113. The third-order valence-corrected chi connectivity index (χ3v) is 5.09. The summed E-state index contributed by atoms with van der Waals surface area (Å²) in [6.07, 6.45) is 0.168. The van der Waals surface area contributed by atoms with Crippen LogP contribution in [0.15, 0.2) is 28.7 Å². The van der Waals surface area contributed by atoms with Gasteiger partial charge in [-0.1, -0.05) is 18.2 Å². The second-order valence-corrected chi connectivity index (χ2v) is 6.95. The highest BCUT2D eigenvalue weighted by Gasteiger charge is 2.32. The fourth-order valence-corrected chi connectivity index (χ4v) is 3.49. The molecule has 0 spiro atoms. The molecule has 0 aliphatic carbocycles. The highest BCUT2D eigenvalue weighted by Crippen LogP contribution is 2.26. The van der Waals surface area contributed by atoms with Gasteiger partial charge in [0.15, 0.2) is 6.10 Å². The van der Waals surface area contributed by atoms with E-state index in [2.05, 4.69) is 0 Å². The number of esters is 2. The molecule has 0 N–H and O–H groups in total. The fraction of sp³-hybridized carbons (Fsp3) is 0.476. The molecule has 1 fully saturated rings. The summed E-state index contributed by atoms with van der Waals surface area (Å²) in [4.78, 5) is 38.6. The molecule has 1 atom stereocenters. The SMILES string of the molecule is CCOC(=O)C1CCN(C(=O)[C@H](C)OC(=O)c2oc3ccccc3c2C)CC1. The summed E-state index contributed by atoms with van der Waals surface area (Å²) in [5.74, 6) is -1.21. The van der Waals surface area contributed by atoms with Gasteiger partial charge in [-0.25, -0.2) is 4.79 Å². The molecule has 2 aromatic rings. The molecule has 7 nitrogen and oxygen atoms in total. The van der Waals surface area contributed by atoms with Crippen molar-refractivity contribution in [2.24, 2.45) is 5.92 Å². The molecule has 1 aliphatic heterocycles. The number of nitrogens with zero attached hydrogens (tertiary/aromatic N) is 1. The van der Waals surface area contributed by atoms with Gasteiger partial charge < -0.3 is 18.8 Å². The summed E-state index contributed by atoms with van der Waals surface area (Å²) in [6, 6.07) is 7.34. The van der Waals surface area contributed by atoms with Gasteiger partial charge in [0.05, 0.1) is 12.5 Å². The second kappa shape index (κ2) is 8.46. The molecule has 150 valence electrons. The first-order valence-corrected chi connectivity index (χ1v) is 9.56. The highest BCUT2D eigenvalue weighted by atomic mass is 16.6. The van der Waals surface area contributed by atoms with Crippen LogP contribution < -0.4 is 0 Å². The first-order chi connectivity index (χ1) is 13.4. The van der Waals surface area contributed by atoms with Crippen LogP contribution in [0.3, 0.4) is 0 Å². The number of furan rings is 1. The summed E-state index contributed by atoms with van der Waals surface area (Å²) < 4.78 is 16.0. The molecule has 1 aliphatic rings. The molecule has 1 aromatic carbocycles. The fourth-order valence-electron chi connectivity index (χ4n) is 3.49. The van der Waals surface area contributed by atoms with Crippen LogP contribution in [0, 0.1) is 12.8 Å². The predicted octanol–water partition coefficient (Wildman–Crippen LogP) is 3.09. The zero-order valence-electron chi connectivity index (χ0n) is 16.4. The molecular weight excluding hydrogens is 362 g/mol. The molecular formula is C21H25NO6. The third kappa shape index (κ3) is 4.03. The van der Waals surface area contributed by atoms with Gasteiger partial charge in [-0.15, -0.1) is 0 Å². The summed E-state index contributed by atoms with van der Waals surface area (Å²) in [7, 11) is 0. The maximum atomic E-state index is 12.6. The van der Waals surface area contributed by atoms with Crippen molar-refractivity contribution in [2.45, 2.75) is 39.7 Å². The Labute approximate surface area is 163 Å². The second-order valence-electron chi connectivity index (χ2n) is 6.95. The van der Waals surface area contributed by atoms with Crippen LogP contribution in [0.4, 0.5) is 0 Å². The Hall–Kier alpha value is -2.83. The average molecular weight is 387 g/mol. The number of carbonyl (C=O) groups is 3. The van der Waals surface area contributed by atoms with Crippen molar-refractivity contribution in [1.82, 2.24) is 4.90 Å². The van der Waals surface area contributed by atoms with Crippen LogP contribution in [-0.4, -0.2) is 48.5 Å². The Morgan fingerprint density at radius 1 is 1.21 bits per heavy atom. The number of benzene rings is 1. The van der Waals surface area contributed by atoms with E-state index in [1.54, 1.807) is 31.7 Å². The van der Waals surface area contributed by atoms with Gasteiger partial charge in [-0.05, 0) is 39.7 Å². The minimum Gasteiger partial charge on any atom is -0.466 e. The smallest absolute Gasteiger partial charge is 0.375 e. The standard InChI is InChI=1S/C21H25NO6/c1-4-26-20(24)15-9-11-22(12-10-15)19(23)14(3)27-21(25)18-13(2)16-7-5-6-8-17(16)28-18/h5-8,14-15H,4,9-12H2,1-3H3/t14-/m0/s1. The van der Waals surface area contributed by atoms with Crippen LogP contribution >= 0.6 is 0 Å². The largest absolute Gasteiger partial charge is 0.466 e. The van der Waals surface area contributed by atoms with Crippen LogP contribution in [0.1, 0.15) is 42.8 Å². The lowest BCUT2D eigenvalue weighted by atomic mass is 9.97. The molecule has 7 heteroatoms. The summed E-state index contributed by atoms with van der Waals surface area (Å²) in [5, 5.41) is 0.842. The van der Waals surface area contributed by atoms with E-state index < -0.39 is 12.1 Å². The molecule has 28 heavy (non-hydrogen) atoms. The number of rotatable bonds is 5. The minimum atomic E-state index is -0.931. The van der Waals surface area contributed by atoms with Crippen molar-refractivity contribution in [2.75, 3.05) is 19.7 Å². The average Bonchev–Trinajstić information content (AvgIpc) is 3.04. The summed E-state index contributed by atoms with van der Waals surface area (Å²) in [6.45, 7) is 6.34. The molecule has 3 rings (SSSR count). The van der Waals surface area contributed by atoms with E-state index in [0.717, 1.165) is 5.39 Å². The van der Waals surface area contributed by atoms with Gasteiger partial charge in [-0.2, -0.15) is 0 Å². The molecule has 1 amide bonds. The third-order valence-electron chi connectivity index (χ3n) is 5.09. The number of fused-ring (bicyclic) bond motifs is 1. The van der Waals surface area contributed by atoms with E-state index in [-0.39, 0.29) is 23.6 Å². The molecule has 0 radical (unpaired) electrons. The van der Waals surface area contributed by atoms with Gasteiger partial charge in [0.2, 0.25) is 5.76 Å². The van der Waals surface area contributed by atoms with Crippen molar-refractivity contribution < 1.29 is 28.3 Å². The van der Waals surface area contributed by atoms with Crippen molar-refractivity contribution in [1.29, 1.82) is 0 Å². The first kappa shape index (κ1) is 19.9. The van der Waals surface area contributed by atoms with Gasteiger partial charge in [0.25, 0.3) is 5.91 Å². The lowest BCUT2D eigenvalue weighted by Crippen LogP contribution is -2.45. The Bertz CT molecular complexity index is 878. The maximum absolute atomic E-state index is 12.6. The number of hydrogen-bond donors (Lipinski definition) is 0. The monoisotopic (exact) mass is 387 g/mol. The highest BCUT2D eigenvalue weighted by molar-refractivity contribution is 5.97. The van der Waals surface area contributed by atoms with Gasteiger partial charge >= 0.3 is 11.9 Å². The Morgan fingerprint density at radius 3 is 2.54 bits per heavy atom. The first-order valence-electron chi connectivity index (χ1n) is 9.56. The van der Waals surface area contributed by atoms with E-state index in [0.29, 0.717) is 43.7 Å². The van der Waals surface area contributed by atoms with Crippen molar-refractivity contribution >= 4 is 28.8 Å². The Balaban J connectivity index is 1.59. The zero-order valence-corrected chi connectivity index (χ0v) is 16.4. The molecule has 1 saturated heterocycles. The van der Waals surface area contributed by atoms with Crippen LogP contribution in [0.5, 0.6) is 0 Å². The van der Waals surface area contributed by atoms with E-state index in [1.165, 1.54) is 0 Å². The van der Waals surface area contributed by atoms with Crippen molar-refractivity contribution in [3.05, 3.63) is 35.6 Å². The topological polar surface area (TPSA) is 86.0 Å². The van der Waals surface area contributed by atoms with Crippen molar-refractivity contribution in [3.8, 4) is 0 Å². The molecule has 0 saturated carbocycles. The normalized spacial score (nSPS) is 16.0. The number of ether oxygens (including phenoxy) is 2. The number of aryl methyl sites for hydroxylation is 1. The number of hydrogen-bond acceptors (Lipinski definition) is 6. The quantitative estimate of drug-likeness (QED) is 0.733. The lowest BCUT2D eigenvalue weighted by molar-refractivity contribution is -0.152. The van der Waals surface area contributed by atoms with E-state index in [9.17, 15) is 14.4 Å². The number of amides is 1. The number of piperidine rings is 1. The number of likely N-dealkylation sites (tertiary alicyclic amines) is 1. The van der Waals surface area contributed by atoms with E-state index in [1.807, 2.05) is 18.2 Å². The van der Waals surface area contributed by atoms with Crippen LogP contribution in [-0.2, 0) is 19.1 Å². The van der Waals surface area contributed by atoms with E-state index >= 15 is 0 Å². The summed E-state index contributed by atoms with van der Waals surface area (Å²) in [5.41, 5.74) is 1.29. The zero-order chi connectivity index (χ0) is 20.3. The van der Waals surface area contributed by atoms with E-state index in [4.69, 9.17) is 13.9 Å². The Kier molecular flexibility index (Phi) is 6.02. The van der Waals surface area contributed by atoms with Gasteiger partial charge in [-0.3, -0.25) is 9.59 Å². The number of para-hydroxylation sites is 1. The molecule has 2 heterocycles. The Morgan fingerprint density at radius 2 is 1.89 bits per heavy atom. The maximum Gasteiger partial charge on any atom is 0.375 e. The molecule has 1 aromatic heterocycles. The lowest BCUT2D eigenvalue weighted by Gasteiger charge is -2.32.